The smallest absolute Gasteiger partial charge is 0.134 e. The second kappa shape index (κ2) is 9.80. The highest BCUT2D eigenvalue weighted by atomic mass is 16.5. The summed E-state index contributed by atoms with van der Waals surface area (Å²) in [5, 5.41) is 7.67. The van der Waals surface area contributed by atoms with Crippen molar-refractivity contribution in [3.8, 4) is 23.0 Å². The minimum atomic E-state index is 0.678. The molecule has 0 amide bonds. The van der Waals surface area contributed by atoms with Crippen molar-refractivity contribution >= 4 is 0 Å². The molecule has 3 aromatic rings. The Hall–Kier alpha value is -2.99. The Labute approximate surface area is 166 Å². The lowest BCUT2D eigenvalue weighted by molar-refractivity contribution is 0.386. The molecule has 28 heavy (non-hydrogen) atoms. The van der Waals surface area contributed by atoms with Crippen LogP contribution >= 0.6 is 0 Å². The maximum Gasteiger partial charge on any atom is 0.134 e. The van der Waals surface area contributed by atoms with Crippen LogP contribution in [0.2, 0.25) is 0 Å². The SMILES string of the molecule is COc1cc(OC)cc(Oc2ccc(CNCCCc3cnn(C)c3)cc2)c1. The molecular formula is C22H27N3O3. The minimum Gasteiger partial charge on any atom is -0.496 e. The molecule has 2 aromatic carbocycles. The Morgan fingerprint density at radius 1 is 0.893 bits per heavy atom. The number of aryl methyl sites for hydroxylation is 2. The van der Waals surface area contributed by atoms with Gasteiger partial charge in [0.15, 0.2) is 0 Å². The zero-order valence-electron chi connectivity index (χ0n) is 16.6. The number of ether oxygens (including phenoxy) is 3. The summed E-state index contributed by atoms with van der Waals surface area (Å²) in [5.74, 6) is 2.84. The second-order valence-electron chi connectivity index (χ2n) is 6.60. The van der Waals surface area contributed by atoms with Crippen LogP contribution in [0, 0.1) is 0 Å². The Balaban J connectivity index is 1.45. The van der Waals surface area contributed by atoms with Crippen LogP contribution in [0.25, 0.3) is 0 Å². The first-order chi connectivity index (χ1) is 13.7. The Morgan fingerprint density at radius 2 is 1.57 bits per heavy atom. The van der Waals surface area contributed by atoms with Gasteiger partial charge >= 0.3 is 0 Å². The van der Waals surface area contributed by atoms with Gasteiger partial charge in [0.2, 0.25) is 0 Å². The number of nitrogens with zero attached hydrogens (tertiary/aromatic N) is 2. The van der Waals surface area contributed by atoms with Crippen LogP contribution < -0.4 is 19.5 Å². The van der Waals surface area contributed by atoms with E-state index < -0.39 is 0 Å². The molecule has 1 aromatic heterocycles. The molecule has 0 bridgehead atoms. The molecule has 1 heterocycles. The number of methoxy groups -OCH3 is 2. The first kappa shape index (κ1) is 19.8. The molecule has 148 valence electrons. The molecule has 6 heteroatoms. The van der Waals surface area contributed by atoms with Gasteiger partial charge in [-0.3, -0.25) is 4.68 Å². The summed E-state index contributed by atoms with van der Waals surface area (Å²) in [6, 6.07) is 13.6. The summed E-state index contributed by atoms with van der Waals surface area (Å²) < 4.78 is 18.3. The van der Waals surface area contributed by atoms with Crippen molar-refractivity contribution in [2.75, 3.05) is 20.8 Å². The first-order valence-corrected chi connectivity index (χ1v) is 9.34. The fraction of sp³-hybridized carbons (Fsp3) is 0.318. The van der Waals surface area contributed by atoms with Crippen molar-refractivity contribution in [1.82, 2.24) is 15.1 Å². The summed E-state index contributed by atoms with van der Waals surface area (Å²) in [6.07, 6.45) is 6.12. The predicted octanol–water partition coefficient (Wildman–Crippen LogP) is 3.95. The zero-order valence-corrected chi connectivity index (χ0v) is 16.6. The lowest BCUT2D eigenvalue weighted by Crippen LogP contribution is -2.15. The fourth-order valence-corrected chi connectivity index (χ4v) is 2.90. The first-order valence-electron chi connectivity index (χ1n) is 9.34. The van der Waals surface area contributed by atoms with E-state index in [-0.39, 0.29) is 0 Å². The highest BCUT2D eigenvalue weighted by Crippen LogP contribution is 2.30. The third-order valence-corrected chi connectivity index (χ3v) is 4.39. The average Bonchev–Trinajstić information content (AvgIpc) is 3.13. The molecule has 0 fully saturated rings. The third-order valence-electron chi connectivity index (χ3n) is 4.39. The number of rotatable bonds is 10. The van der Waals surface area contributed by atoms with Gasteiger partial charge in [-0.2, -0.15) is 5.10 Å². The van der Waals surface area contributed by atoms with Crippen LogP contribution in [0.1, 0.15) is 17.5 Å². The van der Waals surface area contributed by atoms with Crippen molar-refractivity contribution in [2.45, 2.75) is 19.4 Å². The molecule has 1 N–H and O–H groups in total. The van der Waals surface area contributed by atoms with Gasteiger partial charge in [0.05, 0.1) is 20.4 Å². The molecule has 0 spiro atoms. The van der Waals surface area contributed by atoms with E-state index in [0.29, 0.717) is 17.2 Å². The van der Waals surface area contributed by atoms with Crippen molar-refractivity contribution in [2.24, 2.45) is 7.05 Å². The van der Waals surface area contributed by atoms with Crippen molar-refractivity contribution in [3.05, 3.63) is 66.0 Å². The molecule has 3 rings (SSSR count). The molecule has 0 aliphatic rings. The van der Waals surface area contributed by atoms with Crippen molar-refractivity contribution in [3.63, 3.8) is 0 Å². The standard InChI is InChI=1S/C22H27N3O3/c1-25-16-18(15-24-25)5-4-10-23-14-17-6-8-19(9-7-17)28-22-12-20(26-2)11-21(13-22)27-3/h6-9,11-13,15-16,23H,4-5,10,14H2,1-3H3. The Bertz CT molecular complexity index is 853. The van der Waals surface area contributed by atoms with Crippen LogP contribution in [-0.4, -0.2) is 30.5 Å². The van der Waals surface area contributed by atoms with E-state index in [4.69, 9.17) is 14.2 Å². The lowest BCUT2D eigenvalue weighted by atomic mass is 10.2. The molecule has 0 radical (unpaired) electrons. The summed E-state index contributed by atoms with van der Waals surface area (Å²) in [5.41, 5.74) is 2.50. The van der Waals surface area contributed by atoms with Gasteiger partial charge in [0, 0.05) is 38.0 Å². The molecule has 0 atom stereocenters. The highest BCUT2D eigenvalue weighted by Gasteiger charge is 2.04. The molecular weight excluding hydrogens is 354 g/mol. The summed E-state index contributed by atoms with van der Waals surface area (Å²) in [4.78, 5) is 0. The van der Waals surface area contributed by atoms with E-state index in [1.807, 2.05) is 48.3 Å². The van der Waals surface area contributed by atoms with Gasteiger partial charge in [-0.1, -0.05) is 12.1 Å². The summed E-state index contributed by atoms with van der Waals surface area (Å²) >= 11 is 0. The summed E-state index contributed by atoms with van der Waals surface area (Å²) in [7, 11) is 5.19. The van der Waals surface area contributed by atoms with E-state index in [0.717, 1.165) is 31.7 Å². The van der Waals surface area contributed by atoms with E-state index in [2.05, 4.69) is 28.7 Å². The van der Waals surface area contributed by atoms with Crippen LogP contribution in [0.15, 0.2) is 54.9 Å². The Kier molecular flexibility index (Phi) is 6.92. The van der Waals surface area contributed by atoms with Crippen LogP contribution in [-0.2, 0) is 20.0 Å². The second-order valence-corrected chi connectivity index (χ2v) is 6.60. The topological polar surface area (TPSA) is 57.5 Å². The lowest BCUT2D eigenvalue weighted by Gasteiger charge is -2.11. The number of hydrogen-bond donors (Lipinski definition) is 1. The molecule has 0 aliphatic heterocycles. The van der Waals surface area contributed by atoms with E-state index in [9.17, 15) is 0 Å². The van der Waals surface area contributed by atoms with Gasteiger partial charge in [-0.25, -0.2) is 0 Å². The quantitative estimate of drug-likeness (QED) is 0.539. The van der Waals surface area contributed by atoms with E-state index in [1.54, 1.807) is 14.2 Å². The van der Waals surface area contributed by atoms with Gasteiger partial charge in [-0.05, 0) is 42.6 Å². The maximum atomic E-state index is 5.92. The summed E-state index contributed by atoms with van der Waals surface area (Å²) in [6.45, 7) is 1.80. The van der Waals surface area contributed by atoms with Gasteiger partial charge < -0.3 is 19.5 Å². The average molecular weight is 381 g/mol. The van der Waals surface area contributed by atoms with Gasteiger partial charge in [-0.15, -0.1) is 0 Å². The van der Waals surface area contributed by atoms with Crippen LogP contribution in [0.4, 0.5) is 0 Å². The molecule has 0 unspecified atom stereocenters. The Morgan fingerprint density at radius 3 is 2.18 bits per heavy atom. The number of hydrogen-bond acceptors (Lipinski definition) is 5. The number of benzene rings is 2. The minimum absolute atomic E-state index is 0.678. The molecule has 0 saturated heterocycles. The van der Waals surface area contributed by atoms with Crippen molar-refractivity contribution < 1.29 is 14.2 Å². The van der Waals surface area contributed by atoms with Gasteiger partial charge in [0.1, 0.15) is 23.0 Å². The van der Waals surface area contributed by atoms with Gasteiger partial charge in [0.25, 0.3) is 0 Å². The highest BCUT2D eigenvalue weighted by molar-refractivity contribution is 5.44. The monoisotopic (exact) mass is 381 g/mol. The molecule has 0 saturated carbocycles. The predicted molar refractivity (Wildman–Crippen MR) is 109 cm³/mol. The normalized spacial score (nSPS) is 10.7. The fourth-order valence-electron chi connectivity index (χ4n) is 2.90. The molecule has 0 aliphatic carbocycles. The molecule has 6 nitrogen and oxygen atoms in total. The third kappa shape index (κ3) is 5.76. The zero-order chi connectivity index (χ0) is 19.8. The maximum absolute atomic E-state index is 5.92. The van der Waals surface area contributed by atoms with E-state index >= 15 is 0 Å². The largest absolute Gasteiger partial charge is 0.496 e. The van der Waals surface area contributed by atoms with Crippen LogP contribution in [0.5, 0.6) is 23.0 Å². The van der Waals surface area contributed by atoms with Crippen LogP contribution in [0.3, 0.4) is 0 Å². The van der Waals surface area contributed by atoms with E-state index in [1.165, 1.54) is 11.1 Å². The number of aromatic nitrogens is 2. The number of nitrogens with one attached hydrogen (secondary N) is 1. The van der Waals surface area contributed by atoms with Crippen molar-refractivity contribution in [1.29, 1.82) is 0 Å².